The van der Waals surface area contributed by atoms with Crippen LogP contribution in [0, 0.1) is 0 Å². The van der Waals surface area contributed by atoms with E-state index in [2.05, 4.69) is 21.3 Å². The fraction of sp³-hybridized carbons (Fsp3) is 0.258. The lowest BCUT2D eigenvalue weighted by Crippen LogP contribution is -2.52. The molecule has 0 spiro atoms. The molecule has 2 aliphatic heterocycles. The lowest BCUT2D eigenvalue weighted by molar-refractivity contribution is -0.136. The average molecular weight is 554 g/mol. The van der Waals surface area contributed by atoms with Crippen molar-refractivity contribution in [3.05, 3.63) is 89.0 Å². The maximum atomic E-state index is 12.9. The predicted octanol–water partition coefficient (Wildman–Crippen LogP) is 3.53. The second kappa shape index (κ2) is 10.9. The van der Waals surface area contributed by atoms with Gasteiger partial charge >= 0.3 is 6.03 Å². The van der Waals surface area contributed by atoms with Crippen LogP contribution >= 0.6 is 0 Å². The van der Waals surface area contributed by atoms with Crippen LogP contribution in [0.25, 0.3) is 11.1 Å². The molecule has 6 amide bonds. The molecule has 4 N–H and O–H groups in total. The van der Waals surface area contributed by atoms with Gasteiger partial charge in [0, 0.05) is 36.8 Å². The third kappa shape index (κ3) is 5.67. The molecule has 0 aliphatic carbocycles. The van der Waals surface area contributed by atoms with Crippen LogP contribution in [0.15, 0.2) is 66.7 Å². The summed E-state index contributed by atoms with van der Waals surface area (Å²) in [5.41, 5.74) is 4.30. The van der Waals surface area contributed by atoms with Crippen molar-refractivity contribution in [2.45, 2.75) is 44.8 Å². The SMILES string of the molecule is CNC(=O)c1cccc(-c2ccc(C(C)(C)NC(=O)Nc3ccc4c(c3)CN(C3CCC(=O)NC3=O)C4=O)cc2)c1. The molecule has 1 saturated heterocycles. The lowest BCUT2D eigenvalue weighted by Gasteiger charge is -2.29. The van der Waals surface area contributed by atoms with Crippen LogP contribution in [0.1, 0.15) is 58.5 Å². The third-order valence-electron chi connectivity index (χ3n) is 7.50. The molecule has 1 atom stereocenters. The highest BCUT2D eigenvalue weighted by molar-refractivity contribution is 6.05. The average Bonchev–Trinajstić information content (AvgIpc) is 3.27. The van der Waals surface area contributed by atoms with E-state index in [-0.39, 0.29) is 37.1 Å². The van der Waals surface area contributed by atoms with Gasteiger partial charge in [-0.1, -0.05) is 36.4 Å². The number of nitrogens with one attached hydrogen (secondary N) is 4. The van der Waals surface area contributed by atoms with Gasteiger partial charge in [-0.05, 0) is 72.9 Å². The summed E-state index contributed by atoms with van der Waals surface area (Å²) in [4.78, 5) is 63.1. The first kappa shape index (κ1) is 27.6. The van der Waals surface area contributed by atoms with Gasteiger partial charge in [-0.15, -0.1) is 0 Å². The molecule has 210 valence electrons. The lowest BCUT2D eigenvalue weighted by atomic mass is 9.92. The standard InChI is InChI=1S/C31H31N5O5/c1-31(2,22-9-7-18(8-10-22)19-5-4-6-20(15-19)27(38)32-3)35-30(41)33-23-11-12-24-21(16-23)17-36(29(24)40)25-13-14-26(37)34-28(25)39/h4-12,15-16,25H,13-14,17H2,1-3H3,(H,32,38)(H2,33,35,41)(H,34,37,39). The minimum atomic E-state index is -0.707. The molecule has 2 heterocycles. The molecule has 3 aromatic rings. The monoisotopic (exact) mass is 553 g/mol. The van der Waals surface area contributed by atoms with Crippen LogP contribution in [0.4, 0.5) is 10.5 Å². The normalized spacial score (nSPS) is 16.6. The van der Waals surface area contributed by atoms with Crippen molar-refractivity contribution in [3.8, 4) is 11.1 Å². The van der Waals surface area contributed by atoms with Crippen molar-refractivity contribution in [3.63, 3.8) is 0 Å². The summed E-state index contributed by atoms with van der Waals surface area (Å²) in [7, 11) is 1.60. The Kier molecular flexibility index (Phi) is 7.32. The first-order chi connectivity index (χ1) is 19.6. The summed E-state index contributed by atoms with van der Waals surface area (Å²) < 4.78 is 0. The molecular formula is C31H31N5O5. The molecule has 10 nitrogen and oxygen atoms in total. The Morgan fingerprint density at radius 2 is 1.71 bits per heavy atom. The summed E-state index contributed by atoms with van der Waals surface area (Å²) in [6, 6.07) is 19.1. The van der Waals surface area contributed by atoms with Gasteiger partial charge in [0.15, 0.2) is 0 Å². The number of carbonyl (C=O) groups is 5. The van der Waals surface area contributed by atoms with Crippen molar-refractivity contribution in [1.82, 2.24) is 20.9 Å². The van der Waals surface area contributed by atoms with E-state index in [0.29, 0.717) is 22.4 Å². The highest BCUT2D eigenvalue weighted by Gasteiger charge is 2.39. The zero-order valence-corrected chi connectivity index (χ0v) is 23.0. The van der Waals surface area contributed by atoms with Gasteiger partial charge in [-0.25, -0.2) is 4.79 Å². The molecular weight excluding hydrogens is 522 g/mol. The number of amides is 6. The number of fused-ring (bicyclic) bond motifs is 1. The Labute approximate surface area is 237 Å². The van der Waals surface area contributed by atoms with E-state index in [4.69, 9.17) is 0 Å². The molecule has 10 heteroatoms. The Morgan fingerprint density at radius 3 is 2.41 bits per heavy atom. The zero-order valence-electron chi connectivity index (χ0n) is 23.0. The van der Waals surface area contributed by atoms with Crippen molar-refractivity contribution in [2.75, 3.05) is 12.4 Å². The van der Waals surface area contributed by atoms with Crippen LogP contribution in [-0.2, 0) is 21.7 Å². The van der Waals surface area contributed by atoms with E-state index in [1.54, 1.807) is 31.3 Å². The van der Waals surface area contributed by atoms with Gasteiger partial charge in [-0.3, -0.25) is 24.5 Å². The largest absolute Gasteiger partial charge is 0.355 e. The van der Waals surface area contributed by atoms with Crippen LogP contribution in [0.5, 0.6) is 0 Å². The molecule has 5 rings (SSSR count). The minimum absolute atomic E-state index is 0.151. The molecule has 1 unspecified atom stereocenters. The minimum Gasteiger partial charge on any atom is -0.355 e. The second-order valence-corrected chi connectivity index (χ2v) is 10.7. The fourth-order valence-electron chi connectivity index (χ4n) is 5.23. The summed E-state index contributed by atoms with van der Waals surface area (Å²) in [5, 5.41) is 10.8. The van der Waals surface area contributed by atoms with E-state index in [1.807, 2.05) is 56.3 Å². The van der Waals surface area contributed by atoms with Crippen LogP contribution in [0.3, 0.4) is 0 Å². The number of carbonyl (C=O) groups excluding carboxylic acids is 5. The predicted molar refractivity (Wildman–Crippen MR) is 153 cm³/mol. The quantitative estimate of drug-likeness (QED) is 0.346. The zero-order chi connectivity index (χ0) is 29.3. The van der Waals surface area contributed by atoms with Gasteiger partial charge in [0.1, 0.15) is 6.04 Å². The summed E-state index contributed by atoms with van der Waals surface area (Å²) in [6.45, 7) is 4.02. The Bertz CT molecular complexity index is 1560. The number of anilines is 1. The fourth-order valence-corrected chi connectivity index (χ4v) is 5.23. The highest BCUT2D eigenvalue weighted by atomic mass is 16.2. The maximum Gasteiger partial charge on any atom is 0.319 e. The first-order valence-electron chi connectivity index (χ1n) is 13.4. The van der Waals surface area contributed by atoms with Gasteiger partial charge in [-0.2, -0.15) is 0 Å². The van der Waals surface area contributed by atoms with Crippen molar-refractivity contribution >= 4 is 35.3 Å². The number of urea groups is 1. The smallest absolute Gasteiger partial charge is 0.319 e. The van der Waals surface area contributed by atoms with Crippen molar-refractivity contribution in [1.29, 1.82) is 0 Å². The van der Waals surface area contributed by atoms with Crippen molar-refractivity contribution in [2.24, 2.45) is 0 Å². The van der Waals surface area contributed by atoms with Gasteiger partial charge in [0.2, 0.25) is 11.8 Å². The molecule has 0 bridgehead atoms. The number of nitrogens with zero attached hydrogens (tertiary/aromatic N) is 1. The summed E-state index contributed by atoms with van der Waals surface area (Å²) in [5.74, 6) is -1.22. The number of imide groups is 1. The number of benzene rings is 3. The molecule has 2 aliphatic rings. The van der Waals surface area contributed by atoms with E-state index in [9.17, 15) is 24.0 Å². The van der Waals surface area contributed by atoms with Crippen LogP contribution in [-0.4, -0.2) is 47.6 Å². The molecule has 3 aromatic carbocycles. The Morgan fingerprint density at radius 1 is 0.951 bits per heavy atom. The molecule has 41 heavy (non-hydrogen) atoms. The van der Waals surface area contributed by atoms with E-state index < -0.39 is 23.5 Å². The molecule has 0 aromatic heterocycles. The number of rotatable bonds is 6. The third-order valence-corrected chi connectivity index (χ3v) is 7.50. The Balaban J connectivity index is 1.23. The van der Waals surface area contributed by atoms with E-state index >= 15 is 0 Å². The topological polar surface area (TPSA) is 137 Å². The number of piperidine rings is 1. The second-order valence-electron chi connectivity index (χ2n) is 10.7. The number of hydrogen-bond acceptors (Lipinski definition) is 5. The van der Waals surface area contributed by atoms with Crippen LogP contribution in [0.2, 0.25) is 0 Å². The van der Waals surface area contributed by atoms with E-state index in [1.165, 1.54) is 4.90 Å². The van der Waals surface area contributed by atoms with Crippen molar-refractivity contribution < 1.29 is 24.0 Å². The molecule has 0 saturated carbocycles. The highest BCUT2D eigenvalue weighted by Crippen LogP contribution is 2.30. The van der Waals surface area contributed by atoms with Gasteiger partial charge in [0.25, 0.3) is 11.8 Å². The van der Waals surface area contributed by atoms with Gasteiger partial charge < -0.3 is 20.9 Å². The summed E-state index contributed by atoms with van der Waals surface area (Å²) >= 11 is 0. The summed E-state index contributed by atoms with van der Waals surface area (Å²) in [6.07, 6.45) is 0.475. The van der Waals surface area contributed by atoms with Gasteiger partial charge in [0.05, 0.1) is 5.54 Å². The number of hydrogen-bond donors (Lipinski definition) is 4. The maximum absolute atomic E-state index is 12.9. The Hall–Kier alpha value is -4.99. The molecule has 1 fully saturated rings. The molecule has 0 radical (unpaired) electrons. The first-order valence-corrected chi connectivity index (χ1v) is 13.4. The van der Waals surface area contributed by atoms with E-state index in [0.717, 1.165) is 16.7 Å². The van der Waals surface area contributed by atoms with Crippen LogP contribution < -0.4 is 21.3 Å².